The van der Waals surface area contributed by atoms with Crippen molar-refractivity contribution in [2.75, 3.05) is 45.1 Å². The van der Waals surface area contributed by atoms with Gasteiger partial charge >= 0.3 is 11.9 Å². The van der Waals surface area contributed by atoms with Crippen LogP contribution in [-0.4, -0.2) is 82.6 Å². The molecular formula is C52H102N2O7S. The van der Waals surface area contributed by atoms with Gasteiger partial charge in [-0.15, -0.1) is 0 Å². The lowest BCUT2D eigenvalue weighted by atomic mass is 9.92. The maximum atomic E-state index is 12.9. The number of carbonyl (C=O) groups is 2. The second kappa shape index (κ2) is 40.1. The molecule has 9 nitrogen and oxygen atoms in total. The van der Waals surface area contributed by atoms with Gasteiger partial charge in [-0.05, 0) is 96.7 Å². The van der Waals surface area contributed by atoms with Gasteiger partial charge in [-0.2, -0.15) is 0 Å². The second-order valence-corrected chi connectivity index (χ2v) is 21.3. The van der Waals surface area contributed by atoms with Crippen molar-refractivity contribution in [2.24, 2.45) is 5.41 Å². The van der Waals surface area contributed by atoms with Crippen molar-refractivity contribution in [1.29, 1.82) is 0 Å². The van der Waals surface area contributed by atoms with Crippen LogP contribution in [0.4, 0.5) is 0 Å². The number of hydrogen-bond acceptors (Lipinski definition) is 8. The van der Waals surface area contributed by atoms with Crippen LogP contribution in [0.25, 0.3) is 0 Å². The number of hydrogen-bond donors (Lipinski definition) is 1. The van der Waals surface area contributed by atoms with Gasteiger partial charge in [0.15, 0.2) is 0 Å². The molecule has 0 spiro atoms. The third-order valence-electron chi connectivity index (χ3n) is 12.8. The molecule has 1 unspecified atom stereocenters. The molecule has 1 saturated heterocycles. The third-order valence-corrected chi connectivity index (χ3v) is 14.5. The van der Waals surface area contributed by atoms with Crippen LogP contribution in [0.1, 0.15) is 259 Å². The summed E-state index contributed by atoms with van der Waals surface area (Å²) in [5.41, 5.74) is -0.271. The number of nitrogens with zero attached hydrogens (tertiary/aromatic N) is 1. The van der Waals surface area contributed by atoms with Crippen molar-refractivity contribution < 1.29 is 32.2 Å². The Bertz CT molecular complexity index is 1130. The Morgan fingerprint density at radius 1 is 0.532 bits per heavy atom. The molecule has 0 aromatic heterocycles. The molecule has 0 aromatic rings. The zero-order valence-corrected chi connectivity index (χ0v) is 42.4. The molecule has 1 atom stereocenters. The van der Waals surface area contributed by atoms with E-state index in [-0.39, 0.29) is 35.3 Å². The van der Waals surface area contributed by atoms with Crippen molar-refractivity contribution >= 4 is 22.0 Å². The smallest absolute Gasteiger partial charge is 0.306 e. The van der Waals surface area contributed by atoms with Gasteiger partial charge in [-0.25, -0.2) is 13.1 Å². The first kappa shape index (κ1) is 58.8. The highest BCUT2D eigenvalue weighted by Gasteiger charge is 2.37. The van der Waals surface area contributed by atoms with Gasteiger partial charge in [-0.1, -0.05) is 169 Å². The first-order chi connectivity index (χ1) is 30.1. The van der Waals surface area contributed by atoms with E-state index in [1.54, 1.807) is 0 Å². The van der Waals surface area contributed by atoms with Crippen molar-refractivity contribution in [3.8, 4) is 0 Å². The van der Waals surface area contributed by atoms with Crippen molar-refractivity contribution in [3.63, 3.8) is 0 Å². The highest BCUT2D eigenvalue weighted by atomic mass is 32.2. The van der Waals surface area contributed by atoms with Crippen LogP contribution in [0.5, 0.6) is 0 Å². The van der Waals surface area contributed by atoms with Crippen LogP contribution < -0.4 is 4.72 Å². The first-order valence-corrected chi connectivity index (χ1v) is 28.4. The summed E-state index contributed by atoms with van der Waals surface area (Å²) < 4.78 is 45.4. The summed E-state index contributed by atoms with van der Waals surface area (Å²) in [6, 6.07) is 0. The SMILES string of the molecule is CCCCCCCCC(CC)OC(=O)CCCCCCCN(CCCCCCCC(=O)OC(CCCCCCCC)CCCCCCCC)CCCNS(=O)(=O)CC1(C)COC1. The van der Waals surface area contributed by atoms with Crippen molar-refractivity contribution in [1.82, 2.24) is 9.62 Å². The van der Waals surface area contributed by atoms with E-state index in [1.807, 2.05) is 6.92 Å². The third kappa shape index (κ3) is 35.1. The molecule has 62 heavy (non-hydrogen) atoms. The molecule has 1 rings (SSSR count). The lowest BCUT2D eigenvalue weighted by Crippen LogP contribution is -2.47. The molecular weight excluding hydrogens is 797 g/mol. The van der Waals surface area contributed by atoms with Crippen molar-refractivity contribution in [2.45, 2.75) is 272 Å². The standard InChI is InChI=1S/C52H102N2O7S/c1-6-10-13-16-21-28-36-48(9-4)60-50(55)39-31-24-19-26-33-42-54(44-35-41-53-62(57,58)47-52(5)45-59-46-52)43-34-27-20-25-32-40-51(56)61-49(37-29-22-17-14-11-7-2)38-30-23-18-15-12-8-3/h48-49,53H,6-47H2,1-5H3. The molecule has 368 valence electrons. The molecule has 1 N–H and O–H groups in total. The van der Waals surface area contributed by atoms with E-state index in [4.69, 9.17) is 14.2 Å². The summed E-state index contributed by atoms with van der Waals surface area (Å²) in [5.74, 6) is 0.0787. The minimum absolute atomic E-state index is 0.00671. The van der Waals surface area contributed by atoms with E-state index < -0.39 is 10.0 Å². The summed E-state index contributed by atoms with van der Waals surface area (Å²) in [6.07, 6.45) is 39.2. The van der Waals surface area contributed by atoms with Gasteiger partial charge in [0, 0.05) is 24.8 Å². The molecule has 0 aliphatic carbocycles. The largest absolute Gasteiger partial charge is 0.462 e. The topological polar surface area (TPSA) is 111 Å². The van der Waals surface area contributed by atoms with Gasteiger partial charge in [0.25, 0.3) is 0 Å². The fraction of sp³-hybridized carbons (Fsp3) is 0.962. The van der Waals surface area contributed by atoms with Crippen LogP contribution in [0.15, 0.2) is 0 Å². The molecule has 0 aromatic carbocycles. The highest BCUT2D eigenvalue weighted by molar-refractivity contribution is 7.89. The van der Waals surface area contributed by atoms with Crippen LogP contribution in [0.3, 0.4) is 0 Å². The Labute approximate surface area is 384 Å². The summed E-state index contributed by atoms with van der Waals surface area (Å²) in [6.45, 7) is 15.2. The van der Waals surface area contributed by atoms with E-state index in [2.05, 4.69) is 37.3 Å². The number of unbranched alkanes of at least 4 members (excludes halogenated alkanes) is 23. The fourth-order valence-corrected chi connectivity index (χ4v) is 10.4. The van der Waals surface area contributed by atoms with E-state index in [1.165, 1.54) is 96.3 Å². The Hall–Kier alpha value is -1.23. The summed E-state index contributed by atoms with van der Waals surface area (Å²) in [7, 11) is -3.33. The summed E-state index contributed by atoms with van der Waals surface area (Å²) in [5, 5.41) is 0. The minimum atomic E-state index is -3.33. The quantitative estimate of drug-likeness (QED) is 0.0475. The molecule has 0 amide bonds. The van der Waals surface area contributed by atoms with Crippen LogP contribution in [0, 0.1) is 5.41 Å². The van der Waals surface area contributed by atoms with E-state index >= 15 is 0 Å². The zero-order chi connectivity index (χ0) is 45.4. The van der Waals surface area contributed by atoms with E-state index in [0.29, 0.717) is 32.6 Å². The maximum Gasteiger partial charge on any atom is 0.306 e. The molecule has 0 radical (unpaired) electrons. The average Bonchev–Trinajstić information content (AvgIpc) is 3.23. The van der Waals surface area contributed by atoms with Crippen LogP contribution in [0.2, 0.25) is 0 Å². The number of nitrogens with one attached hydrogen (secondary N) is 1. The number of rotatable bonds is 47. The minimum Gasteiger partial charge on any atom is -0.462 e. The fourth-order valence-electron chi connectivity index (χ4n) is 8.73. The molecule has 1 aliphatic heterocycles. The predicted molar refractivity (Wildman–Crippen MR) is 261 cm³/mol. The second-order valence-electron chi connectivity index (χ2n) is 19.5. The Morgan fingerprint density at radius 3 is 1.32 bits per heavy atom. The van der Waals surface area contributed by atoms with E-state index in [9.17, 15) is 18.0 Å². The Balaban J connectivity index is 2.41. The van der Waals surface area contributed by atoms with Gasteiger partial charge in [-0.3, -0.25) is 9.59 Å². The Kier molecular flexibility index (Phi) is 38.0. The zero-order valence-electron chi connectivity index (χ0n) is 41.6. The normalized spacial score (nSPS) is 14.4. The van der Waals surface area contributed by atoms with Crippen LogP contribution >= 0.6 is 0 Å². The first-order valence-electron chi connectivity index (χ1n) is 26.7. The molecule has 1 aliphatic rings. The number of esters is 2. The lowest BCUT2D eigenvalue weighted by molar-refractivity contribution is -0.150. The number of ether oxygens (including phenoxy) is 3. The monoisotopic (exact) mass is 899 g/mol. The molecule has 1 fully saturated rings. The molecule has 10 heteroatoms. The van der Waals surface area contributed by atoms with Crippen molar-refractivity contribution in [3.05, 3.63) is 0 Å². The predicted octanol–water partition coefficient (Wildman–Crippen LogP) is 13.8. The van der Waals surface area contributed by atoms with Gasteiger partial charge in [0.05, 0.1) is 19.0 Å². The van der Waals surface area contributed by atoms with Crippen LogP contribution in [-0.2, 0) is 33.8 Å². The summed E-state index contributed by atoms with van der Waals surface area (Å²) in [4.78, 5) is 27.9. The number of sulfonamides is 1. The highest BCUT2D eigenvalue weighted by Crippen LogP contribution is 2.28. The lowest BCUT2D eigenvalue weighted by Gasteiger charge is -2.37. The van der Waals surface area contributed by atoms with Gasteiger partial charge < -0.3 is 19.1 Å². The molecule has 1 heterocycles. The number of carbonyl (C=O) groups excluding carboxylic acids is 2. The summed E-state index contributed by atoms with van der Waals surface area (Å²) >= 11 is 0. The Morgan fingerprint density at radius 2 is 0.903 bits per heavy atom. The van der Waals surface area contributed by atoms with Gasteiger partial charge in [0.1, 0.15) is 12.2 Å². The van der Waals surface area contributed by atoms with Gasteiger partial charge in [0.2, 0.25) is 10.0 Å². The molecule has 0 saturated carbocycles. The van der Waals surface area contributed by atoms with E-state index in [0.717, 1.165) is 135 Å². The average molecular weight is 899 g/mol. The maximum absolute atomic E-state index is 12.9. The molecule has 0 bridgehead atoms.